The summed E-state index contributed by atoms with van der Waals surface area (Å²) in [7, 11) is 0. The number of fused-ring (bicyclic) bond motifs is 1. The van der Waals surface area contributed by atoms with Crippen molar-refractivity contribution in [2.75, 3.05) is 6.54 Å². The second-order valence-electron chi connectivity index (χ2n) is 6.39. The van der Waals surface area contributed by atoms with Gasteiger partial charge in [-0.05, 0) is 63.6 Å². The van der Waals surface area contributed by atoms with Crippen LogP contribution in [0.25, 0.3) is 10.8 Å². The van der Waals surface area contributed by atoms with E-state index in [0.717, 1.165) is 18.0 Å². The minimum atomic E-state index is 0.215. The maximum absolute atomic E-state index is 6.25. The molecule has 0 aliphatic heterocycles. The number of aryl methyl sites for hydroxylation is 1. The van der Waals surface area contributed by atoms with Crippen LogP contribution < -0.4 is 5.32 Å². The summed E-state index contributed by atoms with van der Waals surface area (Å²) in [5.41, 5.74) is 1.62. The highest BCUT2D eigenvalue weighted by Crippen LogP contribution is 2.27. The molecule has 0 saturated carbocycles. The van der Waals surface area contributed by atoms with Crippen molar-refractivity contribution < 1.29 is 0 Å². The molecule has 108 valence electrons. The van der Waals surface area contributed by atoms with Crippen LogP contribution in [0.15, 0.2) is 36.4 Å². The van der Waals surface area contributed by atoms with Crippen molar-refractivity contribution in [3.05, 3.63) is 47.0 Å². The summed E-state index contributed by atoms with van der Waals surface area (Å²) in [4.78, 5) is 0. The molecule has 0 fully saturated rings. The summed E-state index contributed by atoms with van der Waals surface area (Å²) in [5, 5.41) is 6.84. The molecule has 0 aliphatic rings. The fourth-order valence-electron chi connectivity index (χ4n) is 2.45. The Morgan fingerprint density at radius 1 is 0.950 bits per heavy atom. The van der Waals surface area contributed by atoms with Crippen LogP contribution in [-0.2, 0) is 6.42 Å². The number of benzene rings is 2. The average Bonchev–Trinajstić information content (AvgIpc) is 2.40. The normalized spacial score (nSPS) is 12.0. The Morgan fingerprint density at radius 3 is 2.35 bits per heavy atom. The number of rotatable bonds is 5. The zero-order valence-corrected chi connectivity index (χ0v) is 13.4. The van der Waals surface area contributed by atoms with Crippen LogP contribution in [-0.4, -0.2) is 12.1 Å². The monoisotopic (exact) mass is 289 g/mol. The molecular weight excluding hydrogens is 266 g/mol. The zero-order valence-electron chi connectivity index (χ0n) is 12.7. The lowest BCUT2D eigenvalue weighted by Crippen LogP contribution is -2.36. The van der Waals surface area contributed by atoms with Gasteiger partial charge < -0.3 is 5.32 Å². The Labute approximate surface area is 127 Å². The third-order valence-corrected chi connectivity index (χ3v) is 3.82. The van der Waals surface area contributed by atoms with Gasteiger partial charge >= 0.3 is 0 Å². The van der Waals surface area contributed by atoms with Crippen LogP contribution in [0.2, 0.25) is 5.02 Å². The SMILES string of the molecule is CC(C)(C)NCCCCc1ccc(Cl)c2ccccc12. The Morgan fingerprint density at radius 2 is 1.65 bits per heavy atom. The minimum absolute atomic E-state index is 0.215. The summed E-state index contributed by atoms with van der Waals surface area (Å²) in [6.45, 7) is 7.70. The molecule has 0 aliphatic carbocycles. The molecule has 0 radical (unpaired) electrons. The third-order valence-electron chi connectivity index (χ3n) is 3.49. The fourth-order valence-corrected chi connectivity index (χ4v) is 2.67. The topological polar surface area (TPSA) is 12.0 Å². The van der Waals surface area contributed by atoms with Crippen LogP contribution in [0, 0.1) is 0 Å². The van der Waals surface area contributed by atoms with Gasteiger partial charge in [-0.25, -0.2) is 0 Å². The lowest BCUT2D eigenvalue weighted by atomic mass is 10.00. The molecule has 1 nitrogen and oxygen atoms in total. The maximum atomic E-state index is 6.25. The van der Waals surface area contributed by atoms with E-state index in [-0.39, 0.29) is 5.54 Å². The molecule has 0 spiro atoms. The number of unbranched alkanes of at least 4 members (excludes halogenated alkanes) is 1. The number of hydrogen-bond acceptors (Lipinski definition) is 1. The van der Waals surface area contributed by atoms with Gasteiger partial charge in [0, 0.05) is 15.9 Å². The summed E-state index contributed by atoms with van der Waals surface area (Å²) >= 11 is 6.25. The van der Waals surface area contributed by atoms with E-state index in [9.17, 15) is 0 Å². The predicted molar refractivity (Wildman–Crippen MR) is 89.7 cm³/mol. The molecule has 2 aromatic rings. The van der Waals surface area contributed by atoms with Crippen LogP contribution in [0.3, 0.4) is 0 Å². The van der Waals surface area contributed by atoms with Crippen LogP contribution >= 0.6 is 11.6 Å². The van der Waals surface area contributed by atoms with E-state index in [0.29, 0.717) is 0 Å². The first-order valence-electron chi connectivity index (χ1n) is 7.38. The Bertz CT molecular complexity index is 569. The zero-order chi connectivity index (χ0) is 14.6. The molecule has 0 saturated heterocycles. The van der Waals surface area contributed by atoms with E-state index < -0.39 is 0 Å². The van der Waals surface area contributed by atoms with Gasteiger partial charge in [0.15, 0.2) is 0 Å². The van der Waals surface area contributed by atoms with Crippen molar-refractivity contribution in [3.8, 4) is 0 Å². The molecule has 0 atom stereocenters. The molecule has 20 heavy (non-hydrogen) atoms. The van der Waals surface area contributed by atoms with Crippen LogP contribution in [0.5, 0.6) is 0 Å². The van der Waals surface area contributed by atoms with Crippen LogP contribution in [0.1, 0.15) is 39.2 Å². The van der Waals surface area contributed by atoms with Crippen molar-refractivity contribution >= 4 is 22.4 Å². The highest BCUT2D eigenvalue weighted by atomic mass is 35.5. The van der Waals surface area contributed by atoms with Gasteiger partial charge in [-0.1, -0.05) is 41.9 Å². The van der Waals surface area contributed by atoms with Crippen molar-refractivity contribution in [2.24, 2.45) is 0 Å². The average molecular weight is 290 g/mol. The van der Waals surface area contributed by atoms with E-state index in [2.05, 4.69) is 50.4 Å². The van der Waals surface area contributed by atoms with Gasteiger partial charge in [-0.15, -0.1) is 0 Å². The summed E-state index contributed by atoms with van der Waals surface area (Å²) < 4.78 is 0. The largest absolute Gasteiger partial charge is 0.312 e. The van der Waals surface area contributed by atoms with Crippen molar-refractivity contribution in [3.63, 3.8) is 0 Å². The maximum Gasteiger partial charge on any atom is 0.0484 e. The first-order chi connectivity index (χ1) is 9.47. The quantitative estimate of drug-likeness (QED) is 0.746. The van der Waals surface area contributed by atoms with Gasteiger partial charge in [-0.3, -0.25) is 0 Å². The summed E-state index contributed by atoms with van der Waals surface area (Å²) in [6, 6.07) is 12.6. The highest BCUT2D eigenvalue weighted by Gasteiger charge is 2.08. The number of hydrogen-bond donors (Lipinski definition) is 1. The van der Waals surface area contributed by atoms with Crippen molar-refractivity contribution in [1.82, 2.24) is 5.32 Å². The molecule has 0 bridgehead atoms. The van der Waals surface area contributed by atoms with E-state index in [1.807, 2.05) is 12.1 Å². The van der Waals surface area contributed by atoms with Crippen molar-refractivity contribution in [2.45, 2.75) is 45.6 Å². The Hall–Kier alpha value is -1.05. The molecule has 1 N–H and O–H groups in total. The first-order valence-corrected chi connectivity index (χ1v) is 7.76. The Kier molecular flexibility index (Phi) is 5.06. The molecule has 0 amide bonds. The lowest BCUT2D eigenvalue weighted by molar-refractivity contribution is 0.419. The molecule has 2 heteroatoms. The molecule has 0 aromatic heterocycles. The van der Waals surface area contributed by atoms with E-state index in [1.165, 1.54) is 29.2 Å². The van der Waals surface area contributed by atoms with Gasteiger partial charge in [0.1, 0.15) is 0 Å². The third kappa shape index (κ3) is 4.22. The van der Waals surface area contributed by atoms with Gasteiger partial charge in [0.05, 0.1) is 0 Å². The Balaban J connectivity index is 1.95. The second kappa shape index (κ2) is 6.60. The van der Waals surface area contributed by atoms with Gasteiger partial charge in [0.2, 0.25) is 0 Å². The van der Waals surface area contributed by atoms with Crippen molar-refractivity contribution in [1.29, 1.82) is 0 Å². The summed E-state index contributed by atoms with van der Waals surface area (Å²) in [5.74, 6) is 0. The predicted octanol–water partition coefficient (Wildman–Crippen LogP) is 5.20. The lowest BCUT2D eigenvalue weighted by Gasteiger charge is -2.20. The number of nitrogens with one attached hydrogen (secondary N) is 1. The molecule has 0 unspecified atom stereocenters. The smallest absolute Gasteiger partial charge is 0.0484 e. The standard InChI is InChI=1S/C18H24ClN/c1-18(2,3)20-13-7-6-8-14-11-12-17(19)16-10-5-4-9-15(14)16/h4-5,9-12,20H,6-8,13H2,1-3H3. The van der Waals surface area contributed by atoms with Gasteiger partial charge in [0.25, 0.3) is 0 Å². The molecule has 2 rings (SSSR count). The molecular formula is C18H24ClN. The minimum Gasteiger partial charge on any atom is -0.312 e. The van der Waals surface area contributed by atoms with E-state index in [4.69, 9.17) is 11.6 Å². The highest BCUT2D eigenvalue weighted by molar-refractivity contribution is 6.35. The number of halogens is 1. The molecule has 0 heterocycles. The van der Waals surface area contributed by atoms with E-state index >= 15 is 0 Å². The van der Waals surface area contributed by atoms with E-state index in [1.54, 1.807) is 0 Å². The van der Waals surface area contributed by atoms with Gasteiger partial charge in [-0.2, -0.15) is 0 Å². The second-order valence-corrected chi connectivity index (χ2v) is 6.79. The summed E-state index contributed by atoms with van der Waals surface area (Å²) in [6.07, 6.45) is 3.52. The molecule has 2 aromatic carbocycles. The van der Waals surface area contributed by atoms with Crippen LogP contribution in [0.4, 0.5) is 0 Å². The fraction of sp³-hybridized carbons (Fsp3) is 0.444. The first kappa shape index (κ1) is 15.3.